The van der Waals surface area contributed by atoms with Gasteiger partial charge in [0.25, 0.3) is 0 Å². The van der Waals surface area contributed by atoms with E-state index in [4.69, 9.17) is 0 Å². The first-order valence-electron chi connectivity index (χ1n) is 9.76. The van der Waals surface area contributed by atoms with E-state index in [0.717, 1.165) is 51.4 Å². The van der Waals surface area contributed by atoms with E-state index in [1.165, 1.54) is 18.9 Å². The van der Waals surface area contributed by atoms with E-state index in [2.05, 4.69) is 32.2 Å². The largest absolute Gasteiger partial charge is 0.301 e. The zero-order chi connectivity index (χ0) is 17.9. The van der Waals surface area contributed by atoms with Crippen molar-refractivity contribution in [1.29, 1.82) is 0 Å². The van der Waals surface area contributed by atoms with Crippen molar-refractivity contribution in [3.05, 3.63) is 41.5 Å². The fraction of sp³-hybridized carbons (Fsp3) is 0.632. The minimum absolute atomic E-state index is 0.184. The van der Waals surface area contributed by atoms with Crippen molar-refractivity contribution in [2.45, 2.75) is 44.7 Å². The quantitative estimate of drug-likeness (QED) is 0.822. The number of benzene rings is 1. The van der Waals surface area contributed by atoms with Crippen LogP contribution >= 0.6 is 0 Å². The van der Waals surface area contributed by atoms with Gasteiger partial charge in [0.1, 0.15) is 11.9 Å². The summed E-state index contributed by atoms with van der Waals surface area (Å²) in [6.07, 6.45) is 4.63. The molecule has 0 spiro atoms. The number of tetrazole rings is 1. The average molecular weight is 358 g/mol. The number of rotatable bonds is 5. The Labute approximate surface area is 154 Å². The van der Waals surface area contributed by atoms with Gasteiger partial charge in [-0.15, -0.1) is 5.10 Å². The van der Waals surface area contributed by atoms with Gasteiger partial charge in [0.05, 0.1) is 6.04 Å². The first-order chi connectivity index (χ1) is 12.8. The lowest BCUT2D eigenvalue weighted by Crippen LogP contribution is -2.48. The zero-order valence-electron chi connectivity index (χ0n) is 15.4. The summed E-state index contributed by atoms with van der Waals surface area (Å²) >= 11 is 0. The molecule has 0 N–H and O–H groups in total. The van der Waals surface area contributed by atoms with E-state index in [0.29, 0.717) is 11.6 Å². The molecular weight excluding hydrogens is 331 g/mol. The van der Waals surface area contributed by atoms with Crippen LogP contribution in [0, 0.1) is 5.82 Å². The van der Waals surface area contributed by atoms with Crippen molar-refractivity contribution >= 4 is 0 Å². The average Bonchev–Trinajstić information content (AvgIpc) is 3.35. The van der Waals surface area contributed by atoms with Gasteiger partial charge in [0.15, 0.2) is 5.82 Å². The molecule has 1 aliphatic carbocycles. The number of hydrogen-bond acceptors (Lipinski definition) is 5. The monoisotopic (exact) mass is 358 g/mol. The summed E-state index contributed by atoms with van der Waals surface area (Å²) in [5, 5.41) is 12.6. The van der Waals surface area contributed by atoms with E-state index in [9.17, 15) is 4.39 Å². The molecule has 140 valence electrons. The zero-order valence-corrected chi connectivity index (χ0v) is 15.4. The lowest BCUT2D eigenvalue weighted by molar-refractivity contribution is 0.106. The van der Waals surface area contributed by atoms with Gasteiger partial charge >= 0.3 is 0 Å². The number of likely N-dealkylation sites (N-methyl/N-ethyl adjacent to an activating group) is 1. The maximum atomic E-state index is 14.7. The van der Waals surface area contributed by atoms with Crippen LogP contribution in [-0.4, -0.2) is 62.7 Å². The van der Waals surface area contributed by atoms with E-state index < -0.39 is 0 Å². The summed E-state index contributed by atoms with van der Waals surface area (Å²) in [6.45, 7) is 7.01. The summed E-state index contributed by atoms with van der Waals surface area (Å²) in [6, 6.07) is 7.16. The molecule has 2 heterocycles. The molecule has 26 heavy (non-hydrogen) atoms. The smallest absolute Gasteiger partial charge is 0.173 e. The number of aromatic nitrogens is 4. The van der Waals surface area contributed by atoms with Gasteiger partial charge in [-0.3, -0.25) is 4.90 Å². The highest BCUT2D eigenvalue weighted by atomic mass is 19.1. The molecular formula is C19H27FN6. The van der Waals surface area contributed by atoms with E-state index >= 15 is 0 Å². The molecule has 1 atom stereocenters. The molecule has 2 aliphatic rings. The Kier molecular flexibility index (Phi) is 5.26. The van der Waals surface area contributed by atoms with Crippen molar-refractivity contribution in [2.75, 3.05) is 32.7 Å². The summed E-state index contributed by atoms with van der Waals surface area (Å²) in [7, 11) is 0. The Morgan fingerprint density at radius 2 is 1.85 bits per heavy atom. The van der Waals surface area contributed by atoms with Gasteiger partial charge in [0.2, 0.25) is 0 Å². The minimum atomic E-state index is -0.231. The van der Waals surface area contributed by atoms with Crippen LogP contribution in [0.25, 0.3) is 0 Å². The SMILES string of the molecule is CCN1CCN([C@@H](c2ccccc2F)c2nnnn2C2CCCC2)CC1. The van der Waals surface area contributed by atoms with Crippen LogP contribution in [-0.2, 0) is 0 Å². The van der Waals surface area contributed by atoms with Crippen LogP contribution in [0.5, 0.6) is 0 Å². The van der Waals surface area contributed by atoms with Crippen molar-refractivity contribution in [3.8, 4) is 0 Å². The molecule has 0 radical (unpaired) electrons. The molecule has 0 unspecified atom stereocenters. The summed E-state index contributed by atoms with van der Waals surface area (Å²) in [5.41, 5.74) is 0.673. The van der Waals surface area contributed by atoms with Crippen molar-refractivity contribution in [2.24, 2.45) is 0 Å². The second-order valence-electron chi connectivity index (χ2n) is 7.31. The van der Waals surface area contributed by atoms with E-state index in [1.54, 1.807) is 6.07 Å². The maximum Gasteiger partial charge on any atom is 0.173 e. The van der Waals surface area contributed by atoms with Gasteiger partial charge in [-0.25, -0.2) is 9.07 Å². The molecule has 4 rings (SSSR count). The second kappa shape index (κ2) is 7.80. The normalized spacial score (nSPS) is 21.3. The highest BCUT2D eigenvalue weighted by Crippen LogP contribution is 2.35. The highest BCUT2D eigenvalue weighted by Gasteiger charge is 2.34. The van der Waals surface area contributed by atoms with E-state index in [-0.39, 0.29) is 11.9 Å². The number of hydrogen-bond donors (Lipinski definition) is 0. The first kappa shape index (κ1) is 17.5. The third-order valence-electron chi connectivity index (χ3n) is 5.85. The van der Waals surface area contributed by atoms with Crippen molar-refractivity contribution in [3.63, 3.8) is 0 Å². The molecule has 6 nitrogen and oxygen atoms in total. The topological polar surface area (TPSA) is 50.1 Å². The molecule has 1 saturated carbocycles. The fourth-order valence-electron chi connectivity index (χ4n) is 4.32. The molecule has 0 bridgehead atoms. The Balaban J connectivity index is 1.70. The minimum Gasteiger partial charge on any atom is -0.301 e. The van der Waals surface area contributed by atoms with Gasteiger partial charge in [-0.1, -0.05) is 38.0 Å². The molecule has 7 heteroatoms. The number of halogens is 1. The molecule has 2 fully saturated rings. The second-order valence-corrected chi connectivity index (χ2v) is 7.31. The molecule has 2 aromatic rings. The summed E-state index contributed by atoms with van der Waals surface area (Å²) in [4.78, 5) is 4.76. The third kappa shape index (κ3) is 3.38. The van der Waals surface area contributed by atoms with Gasteiger partial charge in [-0.2, -0.15) is 0 Å². The number of piperazine rings is 1. The third-order valence-corrected chi connectivity index (χ3v) is 5.85. The van der Waals surface area contributed by atoms with Crippen LogP contribution < -0.4 is 0 Å². The Morgan fingerprint density at radius 3 is 2.54 bits per heavy atom. The van der Waals surface area contributed by atoms with Crippen molar-refractivity contribution < 1.29 is 4.39 Å². The van der Waals surface area contributed by atoms with Crippen LogP contribution in [0.15, 0.2) is 24.3 Å². The van der Waals surface area contributed by atoms with Crippen LogP contribution in [0.3, 0.4) is 0 Å². The molecule has 1 aromatic heterocycles. The lowest BCUT2D eigenvalue weighted by atomic mass is 10.0. The van der Waals surface area contributed by atoms with Crippen LogP contribution in [0.2, 0.25) is 0 Å². The van der Waals surface area contributed by atoms with Crippen molar-refractivity contribution in [1.82, 2.24) is 30.0 Å². The molecule has 1 saturated heterocycles. The van der Waals surface area contributed by atoms with Gasteiger partial charge in [0, 0.05) is 31.7 Å². The van der Waals surface area contributed by atoms with Crippen LogP contribution in [0.4, 0.5) is 4.39 Å². The number of nitrogens with zero attached hydrogens (tertiary/aromatic N) is 6. The predicted octanol–water partition coefficient (Wildman–Crippen LogP) is 2.65. The Bertz CT molecular complexity index is 718. The lowest BCUT2D eigenvalue weighted by Gasteiger charge is -2.38. The first-order valence-corrected chi connectivity index (χ1v) is 9.76. The molecule has 1 aliphatic heterocycles. The summed E-state index contributed by atoms with van der Waals surface area (Å²) < 4.78 is 16.7. The van der Waals surface area contributed by atoms with Crippen LogP contribution in [0.1, 0.15) is 56.1 Å². The predicted molar refractivity (Wildman–Crippen MR) is 97.3 cm³/mol. The highest BCUT2D eigenvalue weighted by molar-refractivity contribution is 5.27. The standard InChI is InChI=1S/C19H27FN6/c1-2-24-11-13-25(14-12-24)18(16-9-5-6-10-17(16)20)19-21-22-23-26(19)15-7-3-4-8-15/h5-6,9-10,15,18H,2-4,7-8,11-14H2,1H3/t18-/m0/s1. The maximum absolute atomic E-state index is 14.7. The van der Waals surface area contributed by atoms with Gasteiger partial charge < -0.3 is 4.90 Å². The molecule has 1 aromatic carbocycles. The Hall–Kier alpha value is -1.86. The molecule has 0 amide bonds. The Morgan fingerprint density at radius 1 is 1.12 bits per heavy atom. The van der Waals surface area contributed by atoms with E-state index in [1.807, 2.05) is 16.8 Å². The summed E-state index contributed by atoms with van der Waals surface area (Å²) in [5.74, 6) is 0.600. The van der Waals surface area contributed by atoms with Gasteiger partial charge in [-0.05, 0) is 35.9 Å². The fourth-order valence-corrected chi connectivity index (χ4v) is 4.32.